The molecule has 0 bridgehead atoms. The molecule has 1 heterocycles. The monoisotopic (exact) mass is 588 g/mol. The second-order valence-electron chi connectivity index (χ2n) is 11.1. The van der Waals surface area contributed by atoms with Gasteiger partial charge in [-0.25, -0.2) is 9.59 Å². The highest BCUT2D eigenvalue weighted by Gasteiger charge is 2.26. The Morgan fingerprint density at radius 2 is 1.70 bits per heavy atom. The minimum atomic E-state index is -0.723. The predicted octanol–water partition coefficient (Wildman–Crippen LogP) is 6.96. The Morgan fingerprint density at radius 1 is 0.977 bits per heavy atom. The van der Waals surface area contributed by atoms with Gasteiger partial charge in [-0.2, -0.15) is 0 Å². The number of ether oxygens (including phenoxy) is 4. The first-order valence-electron chi connectivity index (χ1n) is 14.0. The number of aryl methyl sites for hydroxylation is 3. The molecule has 0 atom stereocenters. The minimum absolute atomic E-state index is 0.152. The fraction of sp³-hybridized carbons (Fsp3) is 0.353. The molecule has 43 heavy (non-hydrogen) atoms. The van der Waals surface area contributed by atoms with Crippen molar-refractivity contribution in [3.05, 3.63) is 82.4 Å². The van der Waals surface area contributed by atoms with E-state index in [1.165, 1.54) is 0 Å². The SMILES string of the molecule is CCOC(=O)/C(=C/C=O)Oc1ccc(-c2cc(C)cc(N(Cc3ncc(C)c(OC)c3C)C(=O)OC(C)(C)C)c2)cc1C. The van der Waals surface area contributed by atoms with Crippen LogP contribution in [0.4, 0.5) is 10.5 Å². The molecule has 0 unspecified atom stereocenters. The fourth-order valence-corrected chi connectivity index (χ4v) is 4.51. The topological polar surface area (TPSA) is 104 Å². The molecule has 2 aromatic carbocycles. The zero-order valence-electron chi connectivity index (χ0n) is 26.4. The van der Waals surface area contributed by atoms with E-state index < -0.39 is 17.7 Å². The van der Waals surface area contributed by atoms with E-state index in [-0.39, 0.29) is 18.9 Å². The van der Waals surface area contributed by atoms with Crippen molar-refractivity contribution in [2.45, 2.75) is 67.5 Å². The van der Waals surface area contributed by atoms with Gasteiger partial charge in [0, 0.05) is 29.1 Å². The second kappa shape index (κ2) is 14.0. The normalized spacial score (nSPS) is 11.5. The number of anilines is 1. The molecule has 0 saturated heterocycles. The Bertz CT molecular complexity index is 1540. The van der Waals surface area contributed by atoms with Gasteiger partial charge in [0.15, 0.2) is 0 Å². The first-order chi connectivity index (χ1) is 20.3. The van der Waals surface area contributed by atoms with Crippen molar-refractivity contribution in [3.8, 4) is 22.6 Å². The lowest BCUT2D eigenvalue weighted by molar-refractivity contribution is -0.141. The van der Waals surface area contributed by atoms with Crippen molar-refractivity contribution in [1.82, 2.24) is 4.98 Å². The minimum Gasteiger partial charge on any atom is -0.496 e. The van der Waals surface area contributed by atoms with E-state index >= 15 is 0 Å². The highest BCUT2D eigenvalue weighted by Crippen LogP contribution is 2.33. The zero-order valence-corrected chi connectivity index (χ0v) is 26.4. The third-order valence-electron chi connectivity index (χ3n) is 6.47. The van der Waals surface area contributed by atoms with Crippen LogP contribution in [0.15, 0.2) is 54.4 Å². The Hall–Kier alpha value is -4.66. The lowest BCUT2D eigenvalue weighted by atomic mass is 10.00. The molecule has 228 valence electrons. The van der Waals surface area contributed by atoms with E-state index in [0.717, 1.165) is 45.2 Å². The Labute approximate surface area is 253 Å². The highest BCUT2D eigenvalue weighted by molar-refractivity contribution is 5.91. The highest BCUT2D eigenvalue weighted by atomic mass is 16.6. The van der Waals surface area contributed by atoms with Crippen LogP contribution < -0.4 is 14.4 Å². The number of carbonyl (C=O) groups excluding carboxylic acids is 3. The van der Waals surface area contributed by atoms with Crippen molar-refractivity contribution in [3.63, 3.8) is 0 Å². The first-order valence-corrected chi connectivity index (χ1v) is 14.0. The number of rotatable bonds is 10. The van der Waals surface area contributed by atoms with Gasteiger partial charge < -0.3 is 18.9 Å². The molecule has 0 saturated carbocycles. The van der Waals surface area contributed by atoms with Gasteiger partial charge in [0.05, 0.1) is 26.0 Å². The summed E-state index contributed by atoms with van der Waals surface area (Å²) in [7, 11) is 1.62. The largest absolute Gasteiger partial charge is 0.496 e. The maximum atomic E-state index is 13.6. The number of esters is 1. The van der Waals surface area contributed by atoms with Gasteiger partial charge in [-0.05, 0) is 102 Å². The number of hydrogen-bond donors (Lipinski definition) is 0. The summed E-state index contributed by atoms with van der Waals surface area (Å²) in [5.41, 5.74) is 5.77. The fourth-order valence-electron chi connectivity index (χ4n) is 4.51. The van der Waals surface area contributed by atoms with Crippen molar-refractivity contribution < 1.29 is 33.3 Å². The van der Waals surface area contributed by atoms with E-state index in [9.17, 15) is 14.4 Å². The molecule has 9 nitrogen and oxygen atoms in total. The zero-order chi connectivity index (χ0) is 31.9. The molecule has 1 aromatic heterocycles. The van der Waals surface area contributed by atoms with Crippen molar-refractivity contribution >= 4 is 24.0 Å². The summed E-state index contributed by atoms with van der Waals surface area (Å²) in [4.78, 5) is 43.0. The van der Waals surface area contributed by atoms with E-state index in [2.05, 4.69) is 4.98 Å². The van der Waals surface area contributed by atoms with Crippen molar-refractivity contribution in [2.75, 3.05) is 18.6 Å². The number of benzene rings is 2. The molecular formula is C34H40N2O7. The molecule has 0 aliphatic heterocycles. The number of carbonyl (C=O) groups is 3. The first kappa shape index (κ1) is 32.8. The summed E-state index contributed by atoms with van der Waals surface area (Å²) in [6.07, 6.45) is 2.74. The molecule has 0 radical (unpaired) electrons. The Kier molecular flexibility index (Phi) is 10.7. The van der Waals surface area contributed by atoms with Crippen LogP contribution in [0.25, 0.3) is 11.1 Å². The van der Waals surface area contributed by atoms with Crippen LogP contribution in [-0.2, 0) is 25.6 Å². The summed E-state index contributed by atoms with van der Waals surface area (Å²) < 4.78 is 22.1. The van der Waals surface area contributed by atoms with Gasteiger partial charge in [-0.3, -0.25) is 14.7 Å². The van der Waals surface area contributed by atoms with E-state index in [1.54, 1.807) is 31.2 Å². The number of methoxy groups -OCH3 is 1. The van der Waals surface area contributed by atoms with Gasteiger partial charge in [-0.1, -0.05) is 12.1 Å². The quantitative estimate of drug-likeness (QED) is 0.108. The maximum absolute atomic E-state index is 13.6. The average Bonchev–Trinajstić information content (AvgIpc) is 2.92. The number of aldehydes is 1. The van der Waals surface area contributed by atoms with Crippen LogP contribution in [0.3, 0.4) is 0 Å². The molecule has 0 N–H and O–H groups in total. The molecule has 9 heteroatoms. The van der Waals surface area contributed by atoms with Gasteiger partial charge in [0.2, 0.25) is 5.76 Å². The molecule has 0 fully saturated rings. The number of nitrogens with zero attached hydrogens (tertiary/aromatic N) is 2. The van der Waals surface area contributed by atoms with Crippen LogP contribution in [-0.4, -0.2) is 42.7 Å². The third kappa shape index (κ3) is 8.44. The third-order valence-corrected chi connectivity index (χ3v) is 6.47. The Morgan fingerprint density at radius 3 is 2.30 bits per heavy atom. The van der Waals surface area contributed by atoms with Gasteiger partial charge in [-0.15, -0.1) is 0 Å². The number of hydrogen-bond acceptors (Lipinski definition) is 8. The summed E-state index contributed by atoms with van der Waals surface area (Å²) in [6, 6.07) is 11.3. The number of aromatic nitrogens is 1. The standard InChI is InChI=1S/C34H40N2O7/c1-10-41-32(38)30(13-14-37)42-29-12-11-25(17-22(29)3)26-15-21(2)16-27(18-26)36(33(39)43-34(6,7)8)20-28-24(5)31(40-9)23(4)19-35-28/h11-19H,10,20H2,1-9H3/b30-13-. The van der Waals surface area contributed by atoms with Crippen LogP contribution in [0.1, 0.15) is 55.6 Å². The van der Waals surface area contributed by atoms with E-state index in [0.29, 0.717) is 23.4 Å². The summed E-state index contributed by atoms with van der Waals surface area (Å²) in [6.45, 7) is 15.1. The van der Waals surface area contributed by atoms with Gasteiger partial charge in [0.1, 0.15) is 23.4 Å². The van der Waals surface area contributed by atoms with Crippen LogP contribution >= 0.6 is 0 Å². The van der Waals surface area contributed by atoms with E-state index in [1.807, 2.05) is 78.8 Å². The number of pyridine rings is 1. The van der Waals surface area contributed by atoms with Gasteiger partial charge in [0.25, 0.3) is 0 Å². The van der Waals surface area contributed by atoms with E-state index in [4.69, 9.17) is 18.9 Å². The summed E-state index contributed by atoms with van der Waals surface area (Å²) in [5.74, 6) is 0.212. The lowest BCUT2D eigenvalue weighted by Gasteiger charge is -2.28. The molecule has 0 spiro atoms. The summed E-state index contributed by atoms with van der Waals surface area (Å²) in [5, 5.41) is 0. The number of amides is 1. The molecule has 0 aliphatic carbocycles. The lowest BCUT2D eigenvalue weighted by Crippen LogP contribution is -2.37. The average molecular weight is 589 g/mol. The molecule has 1 amide bonds. The second-order valence-corrected chi connectivity index (χ2v) is 11.1. The maximum Gasteiger partial charge on any atom is 0.415 e. The summed E-state index contributed by atoms with van der Waals surface area (Å²) >= 11 is 0. The molecule has 0 aliphatic rings. The smallest absolute Gasteiger partial charge is 0.415 e. The van der Waals surface area contributed by atoms with Crippen LogP contribution in [0, 0.1) is 27.7 Å². The van der Waals surface area contributed by atoms with Crippen LogP contribution in [0.5, 0.6) is 11.5 Å². The Balaban J connectivity index is 2.04. The molecular weight excluding hydrogens is 548 g/mol. The number of allylic oxidation sites excluding steroid dienone is 1. The molecule has 3 aromatic rings. The van der Waals surface area contributed by atoms with Crippen LogP contribution in [0.2, 0.25) is 0 Å². The predicted molar refractivity (Wildman–Crippen MR) is 165 cm³/mol. The molecule has 3 rings (SSSR count). The van der Waals surface area contributed by atoms with Gasteiger partial charge >= 0.3 is 12.1 Å². The van der Waals surface area contributed by atoms with Crippen molar-refractivity contribution in [1.29, 1.82) is 0 Å². The van der Waals surface area contributed by atoms with Crippen molar-refractivity contribution in [2.24, 2.45) is 0 Å².